The van der Waals surface area contributed by atoms with Gasteiger partial charge in [-0.05, 0) is 78.4 Å². The van der Waals surface area contributed by atoms with Crippen LogP contribution < -0.4 is 0 Å². The molecule has 0 saturated carbocycles. The Bertz CT molecular complexity index is 794. The Morgan fingerprint density at radius 3 is 2.62 bits per heavy atom. The molecule has 32 heavy (non-hydrogen) atoms. The van der Waals surface area contributed by atoms with Gasteiger partial charge in [-0.2, -0.15) is 0 Å². The summed E-state index contributed by atoms with van der Waals surface area (Å²) in [6.07, 6.45) is 7.74. The molecule has 0 aromatic heterocycles. The fraction of sp³-hybridized carbons (Fsp3) is 0.615. The number of esters is 1. The second-order valence-corrected chi connectivity index (χ2v) is 9.62. The number of ether oxygens (including phenoxy) is 3. The summed E-state index contributed by atoms with van der Waals surface area (Å²) in [6, 6.07) is 8.12. The molecular formula is C26H39NO5. The van der Waals surface area contributed by atoms with Gasteiger partial charge in [-0.25, -0.2) is 4.79 Å². The lowest BCUT2D eigenvalue weighted by Gasteiger charge is -2.35. The number of allylic oxidation sites excluding steroid dienone is 1. The lowest BCUT2D eigenvalue weighted by atomic mass is 9.99. The van der Waals surface area contributed by atoms with E-state index in [2.05, 4.69) is 24.3 Å². The number of amides is 1. The van der Waals surface area contributed by atoms with Crippen molar-refractivity contribution in [1.82, 2.24) is 4.90 Å². The maximum absolute atomic E-state index is 12.9. The Hall–Kier alpha value is -2.34. The average Bonchev–Trinajstić information content (AvgIpc) is 2.98. The van der Waals surface area contributed by atoms with Crippen LogP contribution in [0.4, 0.5) is 4.79 Å². The molecule has 0 aliphatic carbocycles. The molecule has 1 saturated heterocycles. The van der Waals surface area contributed by atoms with Gasteiger partial charge in [0.25, 0.3) is 0 Å². The highest BCUT2D eigenvalue weighted by Crippen LogP contribution is 2.31. The van der Waals surface area contributed by atoms with Gasteiger partial charge < -0.3 is 14.2 Å². The Labute approximate surface area is 192 Å². The summed E-state index contributed by atoms with van der Waals surface area (Å²) in [7, 11) is 0. The van der Waals surface area contributed by atoms with Crippen molar-refractivity contribution in [3.05, 3.63) is 41.5 Å². The summed E-state index contributed by atoms with van der Waals surface area (Å²) in [5.74, 6) is -0.127. The maximum Gasteiger partial charge on any atom is 0.412 e. The van der Waals surface area contributed by atoms with Crippen LogP contribution in [0.1, 0.15) is 78.4 Å². The number of hydrogen-bond acceptors (Lipinski definition) is 5. The molecule has 0 radical (unpaired) electrons. The highest BCUT2D eigenvalue weighted by Gasteiger charge is 2.45. The van der Waals surface area contributed by atoms with Crippen molar-refractivity contribution < 1.29 is 23.8 Å². The van der Waals surface area contributed by atoms with E-state index in [1.54, 1.807) is 4.90 Å². The van der Waals surface area contributed by atoms with E-state index in [-0.39, 0.29) is 18.1 Å². The maximum atomic E-state index is 12.9. The second-order valence-electron chi connectivity index (χ2n) is 9.62. The Morgan fingerprint density at radius 2 is 1.94 bits per heavy atom. The van der Waals surface area contributed by atoms with Crippen molar-refractivity contribution in [3.8, 4) is 0 Å². The van der Waals surface area contributed by atoms with Gasteiger partial charge in [0.15, 0.2) is 0 Å². The monoisotopic (exact) mass is 445 g/mol. The smallest absolute Gasteiger partial charge is 0.412 e. The van der Waals surface area contributed by atoms with E-state index in [0.717, 1.165) is 30.4 Å². The Kier molecular flexibility index (Phi) is 9.32. The van der Waals surface area contributed by atoms with Crippen LogP contribution in [0.25, 0.3) is 6.08 Å². The third-order valence-electron chi connectivity index (χ3n) is 5.28. The Balaban J connectivity index is 2.00. The zero-order valence-corrected chi connectivity index (χ0v) is 20.5. The average molecular weight is 446 g/mol. The highest BCUT2D eigenvalue weighted by molar-refractivity contribution is 5.70. The first kappa shape index (κ1) is 25.9. The summed E-state index contributed by atoms with van der Waals surface area (Å²) < 4.78 is 16.6. The fourth-order valence-corrected chi connectivity index (χ4v) is 3.83. The first-order chi connectivity index (χ1) is 15.0. The van der Waals surface area contributed by atoms with Crippen molar-refractivity contribution in [1.29, 1.82) is 0 Å². The largest absolute Gasteiger partial charge is 0.466 e. The predicted octanol–water partition coefficient (Wildman–Crippen LogP) is 5.74. The molecule has 1 aliphatic rings. The van der Waals surface area contributed by atoms with Gasteiger partial charge in [-0.3, -0.25) is 9.69 Å². The predicted molar refractivity (Wildman–Crippen MR) is 126 cm³/mol. The summed E-state index contributed by atoms with van der Waals surface area (Å²) in [5, 5.41) is 0. The summed E-state index contributed by atoms with van der Waals surface area (Å²) in [5.41, 5.74) is 1.02. The van der Waals surface area contributed by atoms with Gasteiger partial charge in [-0.15, -0.1) is 0 Å². The number of nitrogens with zero attached hydrogens (tertiary/aromatic N) is 1. The van der Waals surface area contributed by atoms with Crippen molar-refractivity contribution >= 4 is 18.1 Å². The molecule has 6 heteroatoms. The van der Waals surface area contributed by atoms with Crippen LogP contribution >= 0.6 is 0 Å². The van der Waals surface area contributed by atoms with Gasteiger partial charge in [0, 0.05) is 6.42 Å². The molecule has 1 unspecified atom stereocenters. The third-order valence-corrected chi connectivity index (χ3v) is 5.28. The normalized spacial score (nSPS) is 18.2. The molecule has 1 aromatic rings. The molecule has 0 N–H and O–H groups in total. The van der Waals surface area contributed by atoms with Crippen LogP contribution in [-0.4, -0.2) is 47.5 Å². The van der Waals surface area contributed by atoms with Crippen LogP contribution in [0, 0.1) is 0 Å². The first-order valence-corrected chi connectivity index (χ1v) is 11.6. The molecule has 1 heterocycles. The van der Waals surface area contributed by atoms with Gasteiger partial charge in [0.05, 0.1) is 19.3 Å². The van der Waals surface area contributed by atoms with Gasteiger partial charge in [0.2, 0.25) is 0 Å². The van der Waals surface area contributed by atoms with E-state index in [9.17, 15) is 9.59 Å². The van der Waals surface area contributed by atoms with E-state index in [4.69, 9.17) is 14.2 Å². The first-order valence-electron chi connectivity index (χ1n) is 11.6. The number of benzene rings is 1. The van der Waals surface area contributed by atoms with Crippen molar-refractivity contribution in [2.24, 2.45) is 0 Å². The van der Waals surface area contributed by atoms with Gasteiger partial charge in [-0.1, -0.05) is 36.4 Å². The molecule has 1 fully saturated rings. The van der Waals surface area contributed by atoms with Gasteiger partial charge in [0.1, 0.15) is 11.3 Å². The van der Waals surface area contributed by atoms with Gasteiger partial charge >= 0.3 is 12.1 Å². The SMILES string of the molecule is CCOC(=O)CCCC/C=C\c1ccccc1CC1COC(C)(C)N1C(=O)OC(C)(C)C. The van der Waals surface area contributed by atoms with Crippen LogP contribution in [0.3, 0.4) is 0 Å². The third kappa shape index (κ3) is 7.97. The number of unbranched alkanes of at least 4 members (excludes halogenated alkanes) is 2. The highest BCUT2D eigenvalue weighted by atomic mass is 16.6. The van der Waals surface area contributed by atoms with E-state index in [0.29, 0.717) is 26.1 Å². The minimum atomic E-state index is -0.712. The van der Waals surface area contributed by atoms with Crippen LogP contribution in [0.5, 0.6) is 0 Å². The molecular weight excluding hydrogens is 406 g/mol. The summed E-state index contributed by atoms with van der Waals surface area (Å²) in [6.45, 7) is 12.1. The van der Waals surface area contributed by atoms with E-state index in [1.807, 2.05) is 53.7 Å². The molecule has 0 spiro atoms. The van der Waals surface area contributed by atoms with Crippen molar-refractivity contribution in [3.63, 3.8) is 0 Å². The quantitative estimate of drug-likeness (QED) is 0.358. The molecule has 1 atom stereocenters. The number of carbonyl (C=O) groups excluding carboxylic acids is 2. The zero-order valence-electron chi connectivity index (χ0n) is 20.5. The summed E-state index contributed by atoms with van der Waals surface area (Å²) >= 11 is 0. The molecule has 6 nitrogen and oxygen atoms in total. The Morgan fingerprint density at radius 1 is 1.22 bits per heavy atom. The second kappa shape index (κ2) is 11.5. The molecule has 1 aliphatic heterocycles. The summed E-state index contributed by atoms with van der Waals surface area (Å²) in [4.78, 5) is 26.0. The number of carbonyl (C=O) groups is 2. The van der Waals surface area contributed by atoms with Crippen molar-refractivity contribution in [2.75, 3.05) is 13.2 Å². The van der Waals surface area contributed by atoms with Crippen LogP contribution in [0.15, 0.2) is 30.3 Å². The number of rotatable bonds is 9. The standard InChI is InChI=1S/C26H39NO5/c1-7-30-23(28)17-11-9-8-10-14-20-15-12-13-16-21(20)18-22-19-31-26(5,6)27(22)24(29)32-25(2,3)4/h10,12-16,22H,7-9,11,17-19H2,1-6H3/b14-10-. The molecule has 178 valence electrons. The molecule has 0 bridgehead atoms. The molecule has 2 rings (SSSR count). The van der Waals surface area contributed by atoms with E-state index < -0.39 is 11.3 Å². The van der Waals surface area contributed by atoms with Crippen LogP contribution in [0.2, 0.25) is 0 Å². The fourth-order valence-electron chi connectivity index (χ4n) is 3.83. The van der Waals surface area contributed by atoms with Crippen LogP contribution in [-0.2, 0) is 25.4 Å². The molecule has 1 amide bonds. The number of hydrogen-bond donors (Lipinski definition) is 0. The topological polar surface area (TPSA) is 65.1 Å². The lowest BCUT2D eigenvalue weighted by Crippen LogP contribution is -2.50. The minimum Gasteiger partial charge on any atom is -0.466 e. The van der Waals surface area contributed by atoms with E-state index in [1.165, 1.54) is 0 Å². The zero-order chi connectivity index (χ0) is 23.8. The van der Waals surface area contributed by atoms with E-state index >= 15 is 0 Å². The lowest BCUT2D eigenvalue weighted by molar-refractivity contribution is -0.143. The van der Waals surface area contributed by atoms with Crippen molar-refractivity contribution in [2.45, 2.75) is 91.0 Å². The molecule has 1 aromatic carbocycles. The minimum absolute atomic E-state index is 0.0982.